The number of aryl methyl sites for hydroxylation is 1. The molecule has 1 aromatic rings. The quantitative estimate of drug-likeness (QED) is 0.845. The van der Waals surface area contributed by atoms with Crippen molar-refractivity contribution in [3.63, 3.8) is 0 Å². The van der Waals surface area contributed by atoms with Crippen LogP contribution in [-0.4, -0.2) is 29.2 Å². The molecule has 1 aliphatic heterocycles. The second-order valence-corrected chi connectivity index (χ2v) is 5.62. The maximum absolute atomic E-state index is 9.59. The minimum Gasteiger partial charge on any atom is -0.393 e. The van der Waals surface area contributed by atoms with E-state index in [4.69, 9.17) is 0 Å². The predicted octanol–water partition coefficient (Wildman–Crippen LogP) is 2.44. The van der Waals surface area contributed by atoms with Crippen molar-refractivity contribution < 1.29 is 5.11 Å². The third kappa shape index (κ3) is 2.00. The molecule has 1 N–H and O–H groups in total. The lowest BCUT2D eigenvalue weighted by Crippen LogP contribution is -2.42. The van der Waals surface area contributed by atoms with Crippen LogP contribution in [0.1, 0.15) is 36.8 Å². The van der Waals surface area contributed by atoms with Crippen LogP contribution in [0.3, 0.4) is 0 Å². The van der Waals surface area contributed by atoms with Gasteiger partial charge in [0.2, 0.25) is 0 Å². The van der Waals surface area contributed by atoms with Crippen LogP contribution in [0.5, 0.6) is 0 Å². The van der Waals surface area contributed by atoms with Crippen LogP contribution in [0, 0.1) is 6.92 Å². The van der Waals surface area contributed by atoms with Gasteiger partial charge < -0.3 is 5.11 Å². The fourth-order valence-corrected chi connectivity index (χ4v) is 3.06. The summed E-state index contributed by atoms with van der Waals surface area (Å²) >= 11 is 0. The molecule has 0 unspecified atom stereocenters. The minimum absolute atomic E-state index is 0.0694. The van der Waals surface area contributed by atoms with Gasteiger partial charge >= 0.3 is 0 Å². The number of piperidine rings is 1. The van der Waals surface area contributed by atoms with Crippen molar-refractivity contribution >= 4 is 0 Å². The summed E-state index contributed by atoms with van der Waals surface area (Å²) in [6.07, 6.45) is 4.37. The topological polar surface area (TPSA) is 23.5 Å². The molecule has 2 heteroatoms. The molecule has 3 rings (SSSR count). The molecule has 1 aliphatic carbocycles. The van der Waals surface area contributed by atoms with Crippen molar-refractivity contribution in [2.45, 2.75) is 44.2 Å². The van der Waals surface area contributed by atoms with Crippen LogP contribution in [-0.2, 0) is 5.54 Å². The van der Waals surface area contributed by atoms with Crippen molar-refractivity contribution in [1.29, 1.82) is 0 Å². The first kappa shape index (κ1) is 11.2. The number of aliphatic hydroxyl groups excluding tert-OH is 1. The molecule has 17 heavy (non-hydrogen) atoms. The number of rotatable bonds is 2. The largest absolute Gasteiger partial charge is 0.393 e. The molecule has 2 fully saturated rings. The number of aliphatic hydroxyl groups is 1. The molecule has 1 aromatic carbocycles. The van der Waals surface area contributed by atoms with Gasteiger partial charge in [-0.1, -0.05) is 29.8 Å². The summed E-state index contributed by atoms with van der Waals surface area (Å²) < 4.78 is 0. The van der Waals surface area contributed by atoms with Crippen molar-refractivity contribution in [2.24, 2.45) is 0 Å². The van der Waals surface area contributed by atoms with Crippen molar-refractivity contribution in [3.8, 4) is 0 Å². The van der Waals surface area contributed by atoms with Gasteiger partial charge in [0, 0.05) is 18.6 Å². The molecular formula is C15H21NO. The van der Waals surface area contributed by atoms with Gasteiger partial charge in [-0.15, -0.1) is 0 Å². The molecular weight excluding hydrogens is 210 g/mol. The average Bonchev–Trinajstić information content (AvgIpc) is 3.12. The summed E-state index contributed by atoms with van der Waals surface area (Å²) in [6.45, 7) is 4.24. The highest BCUT2D eigenvalue weighted by Gasteiger charge is 2.49. The van der Waals surface area contributed by atoms with Crippen LogP contribution in [0.4, 0.5) is 0 Å². The summed E-state index contributed by atoms with van der Waals surface area (Å²) in [6, 6.07) is 9.00. The van der Waals surface area contributed by atoms with Crippen molar-refractivity contribution in [1.82, 2.24) is 4.90 Å². The normalized spacial score (nSPS) is 24.8. The molecule has 1 saturated carbocycles. The van der Waals surface area contributed by atoms with Gasteiger partial charge in [-0.05, 0) is 38.2 Å². The zero-order valence-electron chi connectivity index (χ0n) is 10.5. The Hall–Kier alpha value is -0.860. The average molecular weight is 231 g/mol. The lowest BCUT2D eigenvalue weighted by Gasteiger charge is -2.37. The van der Waals surface area contributed by atoms with E-state index >= 15 is 0 Å². The van der Waals surface area contributed by atoms with E-state index in [1.165, 1.54) is 24.0 Å². The summed E-state index contributed by atoms with van der Waals surface area (Å²) in [5, 5.41) is 9.59. The number of hydrogen-bond acceptors (Lipinski definition) is 2. The highest BCUT2D eigenvalue weighted by Crippen LogP contribution is 2.51. The number of benzene rings is 1. The van der Waals surface area contributed by atoms with Crippen molar-refractivity contribution in [3.05, 3.63) is 35.4 Å². The Labute approximate surface area is 103 Å². The summed E-state index contributed by atoms with van der Waals surface area (Å²) in [7, 11) is 0. The van der Waals surface area contributed by atoms with Crippen LogP contribution < -0.4 is 0 Å². The van der Waals surface area contributed by atoms with E-state index in [1.807, 2.05) is 0 Å². The van der Waals surface area contributed by atoms with Gasteiger partial charge in [0.1, 0.15) is 0 Å². The molecule has 0 spiro atoms. The van der Waals surface area contributed by atoms with E-state index in [1.54, 1.807) is 0 Å². The van der Waals surface area contributed by atoms with Gasteiger partial charge in [-0.3, -0.25) is 4.90 Å². The van der Waals surface area contributed by atoms with Crippen LogP contribution >= 0.6 is 0 Å². The zero-order chi connectivity index (χ0) is 11.9. The Morgan fingerprint density at radius 3 is 2.24 bits per heavy atom. The first-order valence-electron chi connectivity index (χ1n) is 6.71. The fraction of sp³-hybridized carbons (Fsp3) is 0.600. The maximum Gasteiger partial charge on any atom is 0.0564 e. The Balaban J connectivity index is 1.79. The van der Waals surface area contributed by atoms with E-state index in [0.29, 0.717) is 5.54 Å². The summed E-state index contributed by atoms with van der Waals surface area (Å²) in [5.74, 6) is 0. The van der Waals surface area contributed by atoms with E-state index in [9.17, 15) is 5.11 Å². The number of nitrogens with zero attached hydrogens (tertiary/aromatic N) is 1. The van der Waals surface area contributed by atoms with Crippen LogP contribution in [0.25, 0.3) is 0 Å². The Bertz CT molecular complexity index is 386. The smallest absolute Gasteiger partial charge is 0.0564 e. The summed E-state index contributed by atoms with van der Waals surface area (Å²) in [4.78, 5) is 2.59. The van der Waals surface area contributed by atoms with E-state index < -0.39 is 0 Å². The van der Waals surface area contributed by atoms with E-state index in [2.05, 4.69) is 36.1 Å². The highest BCUT2D eigenvalue weighted by atomic mass is 16.3. The zero-order valence-corrected chi connectivity index (χ0v) is 10.5. The molecule has 1 saturated heterocycles. The SMILES string of the molecule is Cc1ccc(C2(N3CCC(O)CC3)CC2)cc1. The minimum atomic E-state index is -0.0694. The molecule has 0 aromatic heterocycles. The standard InChI is InChI=1S/C15H21NO/c1-12-2-4-13(5-3-12)15(8-9-15)16-10-6-14(17)7-11-16/h2-5,14,17H,6-11H2,1H3. The molecule has 0 amide bonds. The van der Waals surface area contributed by atoms with Crippen LogP contribution in [0.2, 0.25) is 0 Å². The van der Waals surface area contributed by atoms with Gasteiger partial charge in [-0.25, -0.2) is 0 Å². The number of likely N-dealkylation sites (tertiary alicyclic amines) is 1. The maximum atomic E-state index is 9.59. The third-order valence-electron chi connectivity index (χ3n) is 4.38. The van der Waals surface area contributed by atoms with Gasteiger partial charge in [0.05, 0.1) is 6.10 Å². The van der Waals surface area contributed by atoms with Gasteiger partial charge in [-0.2, -0.15) is 0 Å². The monoisotopic (exact) mass is 231 g/mol. The van der Waals surface area contributed by atoms with Gasteiger partial charge in [0.15, 0.2) is 0 Å². The van der Waals surface area contributed by atoms with E-state index in [0.717, 1.165) is 25.9 Å². The fourth-order valence-electron chi connectivity index (χ4n) is 3.06. The molecule has 0 radical (unpaired) electrons. The van der Waals surface area contributed by atoms with E-state index in [-0.39, 0.29) is 6.10 Å². The first-order valence-corrected chi connectivity index (χ1v) is 6.71. The highest BCUT2D eigenvalue weighted by molar-refractivity contribution is 5.32. The first-order chi connectivity index (χ1) is 8.21. The third-order valence-corrected chi connectivity index (χ3v) is 4.38. The lowest BCUT2D eigenvalue weighted by atomic mass is 9.98. The molecule has 0 atom stereocenters. The predicted molar refractivity (Wildman–Crippen MR) is 68.9 cm³/mol. The van der Waals surface area contributed by atoms with Gasteiger partial charge in [0.25, 0.3) is 0 Å². The Morgan fingerprint density at radius 1 is 1.12 bits per heavy atom. The molecule has 1 heterocycles. The van der Waals surface area contributed by atoms with Crippen LogP contribution in [0.15, 0.2) is 24.3 Å². The van der Waals surface area contributed by atoms with Crippen molar-refractivity contribution in [2.75, 3.05) is 13.1 Å². The lowest BCUT2D eigenvalue weighted by molar-refractivity contribution is 0.0522. The number of hydrogen-bond donors (Lipinski definition) is 1. The summed E-state index contributed by atoms with van der Waals surface area (Å²) in [5.41, 5.74) is 3.12. The Morgan fingerprint density at radius 2 is 1.71 bits per heavy atom. The Kier molecular flexibility index (Phi) is 2.72. The second kappa shape index (κ2) is 4.11. The molecule has 2 aliphatic rings. The molecule has 92 valence electrons. The molecule has 0 bridgehead atoms. The molecule has 2 nitrogen and oxygen atoms in total. The second-order valence-electron chi connectivity index (χ2n) is 5.62.